The lowest BCUT2D eigenvalue weighted by atomic mass is 10.1. The Morgan fingerprint density at radius 1 is 1.36 bits per heavy atom. The van der Waals surface area contributed by atoms with Crippen LogP contribution < -0.4 is 5.73 Å². The van der Waals surface area contributed by atoms with E-state index in [1.165, 1.54) is 10.5 Å². The molecule has 0 amide bonds. The summed E-state index contributed by atoms with van der Waals surface area (Å²) in [6.45, 7) is 0. The number of hydrogen-bond acceptors (Lipinski definition) is 2. The zero-order valence-corrected chi connectivity index (χ0v) is 9.96. The van der Waals surface area contributed by atoms with E-state index in [9.17, 15) is 0 Å². The molecule has 0 unspecified atom stereocenters. The van der Waals surface area contributed by atoms with Crippen LogP contribution in [0.4, 0.5) is 0 Å². The second kappa shape index (κ2) is 6.04. The molecule has 0 aliphatic rings. The number of hydrogen-bond donors (Lipinski definition) is 1. The van der Waals surface area contributed by atoms with Gasteiger partial charge in [-0.2, -0.15) is 0 Å². The second-order valence-electron chi connectivity index (χ2n) is 3.17. The van der Waals surface area contributed by atoms with Crippen LogP contribution >= 0.6 is 24.0 Å². The Balaban J connectivity index is 2.40. The van der Waals surface area contributed by atoms with E-state index in [1.807, 2.05) is 0 Å². The van der Waals surface area contributed by atoms with Gasteiger partial charge in [-0.1, -0.05) is 24.4 Å². The first kappa shape index (κ1) is 11.5. The van der Waals surface area contributed by atoms with Crippen LogP contribution in [0, 0.1) is 0 Å². The molecule has 1 nitrogen and oxygen atoms in total. The van der Waals surface area contributed by atoms with Crippen LogP contribution in [-0.2, 0) is 6.42 Å². The van der Waals surface area contributed by atoms with Gasteiger partial charge < -0.3 is 5.73 Å². The van der Waals surface area contributed by atoms with E-state index in [0.717, 1.165) is 19.3 Å². The molecule has 0 atom stereocenters. The summed E-state index contributed by atoms with van der Waals surface area (Å²) in [6.07, 6.45) is 5.04. The van der Waals surface area contributed by atoms with Crippen molar-refractivity contribution in [3.63, 3.8) is 0 Å². The average Bonchev–Trinajstić information content (AvgIpc) is 2.18. The Hall–Kier alpha value is -0.540. The molecule has 76 valence electrons. The van der Waals surface area contributed by atoms with E-state index in [-0.39, 0.29) is 0 Å². The maximum absolute atomic E-state index is 5.43. The zero-order chi connectivity index (χ0) is 10.4. The molecule has 1 aromatic rings. The van der Waals surface area contributed by atoms with Crippen molar-refractivity contribution < 1.29 is 0 Å². The molecule has 0 fully saturated rings. The molecule has 0 saturated carbocycles. The third-order valence-electron chi connectivity index (χ3n) is 2.05. The fourth-order valence-corrected chi connectivity index (χ4v) is 1.81. The highest BCUT2D eigenvalue weighted by atomic mass is 32.2. The van der Waals surface area contributed by atoms with E-state index < -0.39 is 0 Å². The van der Waals surface area contributed by atoms with Gasteiger partial charge in [-0.25, -0.2) is 0 Å². The second-order valence-corrected chi connectivity index (χ2v) is 4.57. The molecule has 0 aliphatic heterocycles. The highest BCUT2D eigenvalue weighted by Gasteiger charge is 1.95. The third-order valence-corrected chi connectivity index (χ3v) is 3.00. The molecule has 0 spiro atoms. The summed E-state index contributed by atoms with van der Waals surface area (Å²) >= 11 is 6.59. The van der Waals surface area contributed by atoms with Gasteiger partial charge in [0, 0.05) is 4.90 Å². The SMILES string of the molecule is CSc1ccc(CCCC(N)=S)cc1. The number of benzene rings is 1. The molecule has 1 aromatic carbocycles. The highest BCUT2D eigenvalue weighted by Crippen LogP contribution is 2.15. The molecule has 0 bridgehead atoms. The molecule has 0 aromatic heterocycles. The highest BCUT2D eigenvalue weighted by molar-refractivity contribution is 7.98. The largest absolute Gasteiger partial charge is 0.393 e. The molecule has 0 aliphatic carbocycles. The fraction of sp³-hybridized carbons (Fsp3) is 0.364. The molecule has 0 saturated heterocycles. The molecule has 1 rings (SSSR count). The maximum Gasteiger partial charge on any atom is 0.0727 e. The Kier molecular flexibility index (Phi) is 4.98. The lowest BCUT2D eigenvalue weighted by molar-refractivity contribution is 0.867. The van der Waals surface area contributed by atoms with Crippen LogP contribution in [0.2, 0.25) is 0 Å². The van der Waals surface area contributed by atoms with Crippen LogP contribution in [0.25, 0.3) is 0 Å². The van der Waals surface area contributed by atoms with Crippen LogP contribution in [0.3, 0.4) is 0 Å². The van der Waals surface area contributed by atoms with Gasteiger partial charge in [0.15, 0.2) is 0 Å². The van der Waals surface area contributed by atoms with Gasteiger partial charge in [-0.05, 0) is 43.2 Å². The minimum absolute atomic E-state index is 0.616. The molecular weight excluding hydrogens is 210 g/mol. The summed E-state index contributed by atoms with van der Waals surface area (Å²) in [5.74, 6) is 0. The van der Waals surface area contributed by atoms with Gasteiger partial charge in [-0.15, -0.1) is 11.8 Å². The van der Waals surface area contributed by atoms with E-state index in [2.05, 4.69) is 30.5 Å². The summed E-state index contributed by atoms with van der Waals surface area (Å²) < 4.78 is 0. The minimum Gasteiger partial charge on any atom is -0.393 e. The summed E-state index contributed by atoms with van der Waals surface area (Å²) in [6, 6.07) is 8.65. The van der Waals surface area contributed by atoms with Crippen molar-refractivity contribution in [3.8, 4) is 0 Å². The number of aryl methyl sites for hydroxylation is 1. The van der Waals surface area contributed by atoms with Crippen molar-refractivity contribution in [2.24, 2.45) is 5.73 Å². The topological polar surface area (TPSA) is 26.0 Å². The Morgan fingerprint density at radius 3 is 2.50 bits per heavy atom. The van der Waals surface area contributed by atoms with Gasteiger partial charge >= 0.3 is 0 Å². The lowest BCUT2D eigenvalue weighted by Gasteiger charge is -2.01. The summed E-state index contributed by atoms with van der Waals surface area (Å²) in [4.78, 5) is 1.92. The van der Waals surface area contributed by atoms with Crippen LogP contribution in [0.1, 0.15) is 18.4 Å². The van der Waals surface area contributed by atoms with Crippen LogP contribution in [0.5, 0.6) is 0 Å². The third kappa shape index (κ3) is 4.11. The van der Waals surface area contributed by atoms with Crippen molar-refractivity contribution in [1.82, 2.24) is 0 Å². The first-order valence-corrected chi connectivity index (χ1v) is 6.27. The summed E-state index contributed by atoms with van der Waals surface area (Å²) in [7, 11) is 0. The van der Waals surface area contributed by atoms with E-state index in [0.29, 0.717) is 4.99 Å². The number of thiocarbonyl (C=S) groups is 1. The van der Waals surface area contributed by atoms with Crippen molar-refractivity contribution in [2.45, 2.75) is 24.2 Å². The average molecular weight is 225 g/mol. The van der Waals surface area contributed by atoms with E-state index in [1.54, 1.807) is 11.8 Å². The lowest BCUT2D eigenvalue weighted by Crippen LogP contribution is -2.07. The van der Waals surface area contributed by atoms with Crippen molar-refractivity contribution >= 4 is 29.0 Å². The number of rotatable bonds is 5. The monoisotopic (exact) mass is 225 g/mol. The predicted molar refractivity (Wildman–Crippen MR) is 67.9 cm³/mol. The van der Waals surface area contributed by atoms with Crippen LogP contribution in [0.15, 0.2) is 29.2 Å². The van der Waals surface area contributed by atoms with Gasteiger partial charge in [0.25, 0.3) is 0 Å². The quantitative estimate of drug-likeness (QED) is 0.616. The summed E-state index contributed by atoms with van der Waals surface area (Å²) in [5, 5.41) is 0. The molecule has 14 heavy (non-hydrogen) atoms. The normalized spacial score (nSPS) is 10.1. The van der Waals surface area contributed by atoms with Gasteiger partial charge in [0.05, 0.1) is 4.99 Å². The Morgan fingerprint density at radius 2 is 2.00 bits per heavy atom. The minimum atomic E-state index is 0.616. The first-order chi connectivity index (χ1) is 6.72. The number of thioether (sulfide) groups is 1. The molecule has 0 heterocycles. The standard InChI is InChI=1S/C11H15NS2/c1-14-10-7-5-9(6-8-10)3-2-4-11(12)13/h5-8H,2-4H2,1H3,(H2,12,13). The van der Waals surface area contributed by atoms with Crippen molar-refractivity contribution in [2.75, 3.05) is 6.26 Å². The van der Waals surface area contributed by atoms with Crippen molar-refractivity contribution in [1.29, 1.82) is 0 Å². The Bertz CT molecular complexity index is 293. The van der Waals surface area contributed by atoms with E-state index >= 15 is 0 Å². The predicted octanol–water partition coefficient (Wildman–Crippen LogP) is 3.02. The van der Waals surface area contributed by atoms with Crippen molar-refractivity contribution in [3.05, 3.63) is 29.8 Å². The van der Waals surface area contributed by atoms with Gasteiger partial charge in [0.1, 0.15) is 0 Å². The molecule has 3 heteroatoms. The first-order valence-electron chi connectivity index (χ1n) is 4.63. The van der Waals surface area contributed by atoms with E-state index in [4.69, 9.17) is 18.0 Å². The Labute approximate surface area is 95.1 Å². The molecular formula is C11H15NS2. The van der Waals surface area contributed by atoms with Gasteiger partial charge in [0.2, 0.25) is 0 Å². The van der Waals surface area contributed by atoms with Crippen LogP contribution in [-0.4, -0.2) is 11.2 Å². The summed E-state index contributed by atoms with van der Waals surface area (Å²) in [5.41, 5.74) is 6.79. The maximum atomic E-state index is 5.43. The van der Waals surface area contributed by atoms with Gasteiger partial charge in [-0.3, -0.25) is 0 Å². The zero-order valence-electron chi connectivity index (χ0n) is 8.32. The molecule has 0 radical (unpaired) electrons. The fourth-order valence-electron chi connectivity index (χ4n) is 1.26. The number of nitrogens with two attached hydrogens (primary N) is 1. The smallest absolute Gasteiger partial charge is 0.0727 e. The molecule has 2 N–H and O–H groups in total.